The number of aliphatic imine (C=N–C) groups is 2. The highest BCUT2D eigenvalue weighted by Gasteiger charge is 2.27. The van der Waals surface area contributed by atoms with Gasteiger partial charge in [0.2, 0.25) is 0 Å². The largest absolute Gasteiger partial charge is 0.507 e. The Hall–Kier alpha value is -10.1. The van der Waals surface area contributed by atoms with Crippen molar-refractivity contribution < 1.29 is 38.6 Å². The van der Waals surface area contributed by atoms with Crippen LogP contribution in [0.3, 0.4) is 0 Å². The van der Waals surface area contributed by atoms with E-state index in [1.807, 2.05) is 243 Å². The molecule has 0 fully saturated rings. The van der Waals surface area contributed by atoms with Gasteiger partial charge in [-0.2, -0.15) is 0 Å². The first-order valence-corrected chi connectivity index (χ1v) is 29.8. The number of phenolic OH excluding ortho intramolecular Hbond substituents is 2. The molecule has 0 spiro atoms. The van der Waals surface area contributed by atoms with Gasteiger partial charge in [0.1, 0.15) is 97.7 Å². The fraction of sp³-hybridized carbons (Fsp3) is 0.205. The summed E-state index contributed by atoms with van der Waals surface area (Å²) in [5, 5.41) is 24.3. The first kappa shape index (κ1) is 61.0. The lowest BCUT2D eigenvalue weighted by atomic mass is 9.85. The normalized spacial score (nSPS) is 12.4. The Labute approximate surface area is 518 Å². The molecule has 0 heterocycles. The lowest BCUT2D eigenvalue weighted by Crippen LogP contribution is -2.13. The van der Waals surface area contributed by atoms with Gasteiger partial charge in [-0.15, -0.1) is 0 Å². The molecule has 0 saturated heterocycles. The fourth-order valence-electron chi connectivity index (χ4n) is 10.1. The third-order valence-electron chi connectivity index (χ3n) is 14.9. The zero-order valence-electron chi connectivity index (χ0n) is 50.9. The van der Waals surface area contributed by atoms with E-state index in [-0.39, 0.29) is 24.7 Å². The minimum atomic E-state index is -0.604. The second-order valence-corrected chi connectivity index (χ2v) is 23.9. The Balaban J connectivity index is 0.952. The zero-order valence-corrected chi connectivity index (χ0v) is 50.9. The van der Waals surface area contributed by atoms with E-state index in [1.54, 1.807) is 12.4 Å². The van der Waals surface area contributed by atoms with Gasteiger partial charge in [0.05, 0.1) is 0 Å². The molecular formula is C78H76N2O8. The topological polar surface area (TPSA) is 121 Å². The van der Waals surface area contributed by atoms with Gasteiger partial charge in [0, 0.05) is 46.8 Å². The van der Waals surface area contributed by atoms with Crippen LogP contribution in [0.1, 0.15) is 120 Å². The molecule has 0 unspecified atom stereocenters. The molecule has 10 rings (SSSR count). The van der Waals surface area contributed by atoms with Gasteiger partial charge in [-0.3, -0.25) is 9.98 Å². The van der Waals surface area contributed by atoms with Crippen LogP contribution >= 0.6 is 0 Å². The van der Waals surface area contributed by atoms with Crippen LogP contribution in [0.2, 0.25) is 0 Å². The van der Waals surface area contributed by atoms with Crippen LogP contribution in [-0.4, -0.2) is 22.6 Å². The highest BCUT2D eigenvalue weighted by atomic mass is 16.5. The van der Waals surface area contributed by atoms with Crippen LogP contribution in [0.15, 0.2) is 253 Å². The molecule has 0 aliphatic heterocycles. The van der Waals surface area contributed by atoms with E-state index in [4.69, 9.17) is 38.4 Å². The third kappa shape index (κ3) is 17.1. The molecule has 10 nitrogen and oxygen atoms in total. The van der Waals surface area contributed by atoms with E-state index in [9.17, 15) is 10.2 Å². The number of benzene rings is 10. The Morgan fingerprint density at radius 3 is 0.807 bits per heavy atom. The summed E-state index contributed by atoms with van der Waals surface area (Å²) in [6.07, 6.45) is 3.44. The zero-order chi connectivity index (χ0) is 61.3. The standard InChI is InChI=1S/C78H76N2O8/c1-77(2,3)71-45-69(87-53-59-37-65(83-49-55-25-13-7-14-26-55)43-66(38-59)84-50-56-27-15-8-16-28-56)41-63(75(71)81)47-79-73(61-33-21-11-22-34-61)74(62-35-23-12-24-36-62)80-48-64-42-70(46-72(76(64)82)78(4,5)6)88-54-60-39-67(85-51-57-29-17-9-18-30-57)44-68(40-60)86-52-58-31-19-10-20-32-58/h7-48,73-74,81-82H,49-54H2,1-6H3/t73-,74-/m1/s1. The lowest BCUT2D eigenvalue weighted by Gasteiger charge is -2.24. The van der Waals surface area contributed by atoms with Crippen LogP contribution in [-0.2, 0) is 50.5 Å². The van der Waals surface area contributed by atoms with Gasteiger partial charge in [-0.1, -0.05) is 224 Å². The third-order valence-corrected chi connectivity index (χ3v) is 14.9. The molecule has 0 radical (unpaired) electrons. The van der Waals surface area contributed by atoms with Crippen molar-refractivity contribution in [2.75, 3.05) is 0 Å². The molecule has 88 heavy (non-hydrogen) atoms. The van der Waals surface area contributed by atoms with E-state index < -0.39 is 22.9 Å². The summed E-state index contributed by atoms with van der Waals surface area (Å²) >= 11 is 0. The molecule has 446 valence electrons. The van der Waals surface area contributed by atoms with Crippen LogP contribution in [0.25, 0.3) is 0 Å². The maximum absolute atomic E-state index is 12.2. The number of ether oxygens (including phenoxy) is 6. The number of hydrogen-bond acceptors (Lipinski definition) is 10. The maximum atomic E-state index is 12.2. The highest BCUT2D eigenvalue weighted by molar-refractivity contribution is 5.87. The summed E-state index contributed by atoms with van der Waals surface area (Å²) in [6.45, 7) is 14.3. The quantitative estimate of drug-likeness (QED) is 0.0543. The van der Waals surface area contributed by atoms with E-state index in [2.05, 4.69) is 41.5 Å². The molecule has 10 aromatic rings. The molecule has 2 N–H and O–H groups in total. The van der Waals surface area contributed by atoms with Crippen LogP contribution in [0.5, 0.6) is 46.0 Å². The minimum Gasteiger partial charge on any atom is -0.507 e. The van der Waals surface area contributed by atoms with Gasteiger partial charge in [0.25, 0.3) is 0 Å². The molecule has 0 amide bonds. The molecule has 10 aromatic carbocycles. The Bertz CT molecular complexity index is 3520. The predicted octanol–water partition coefficient (Wildman–Crippen LogP) is 18.2. The van der Waals surface area contributed by atoms with Crippen molar-refractivity contribution in [3.63, 3.8) is 0 Å². The summed E-state index contributed by atoms with van der Waals surface area (Å²) in [4.78, 5) is 10.7. The summed E-state index contributed by atoms with van der Waals surface area (Å²) in [7, 11) is 0. The molecule has 0 aliphatic rings. The van der Waals surface area contributed by atoms with Crippen molar-refractivity contribution in [1.82, 2.24) is 0 Å². The highest BCUT2D eigenvalue weighted by Crippen LogP contribution is 2.41. The first-order valence-electron chi connectivity index (χ1n) is 29.8. The van der Waals surface area contributed by atoms with Crippen molar-refractivity contribution in [2.24, 2.45) is 9.98 Å². The Morgan fingerprint density at radius 2 is 0.545 bits per heavy atom. The number of nitrogens with zero attached hydrogens (tertiary/aromatic N) is 2. The van der Waals surface area contributed by atoms with Gasteiger partial charge in [-0.25, -0.2) is 0 Å². The summed E-state index contributed by atoms with van der Waals surface area (Å²) in [6, 6.07) is 78.1. The van der Waals surface area contributed by atoms with Gasteiger partial charge < -0.3 is 38.6 Å². The molecule has 0 aromatic heterocycles. The molecule has 10 heteroatoms. The second-order valence-electron chi connectivity index (χ2n) is 23.9. The van der Waals surface area contributed by atoms with Crippen molar-refractivity contribution in [3.05, 3.63) is 309 Å². The Kier molecular flexibility index (Phi) is 20.0. The number of rotatable bonds is 25. The first-order chi connectivity index (χ1) is 42.7. The van der Waals surface area contributed by atoms with Crippen molar-refractivity contribution in [3.8, 4) is 46.0 Å². The van der Waals surface area contributed by atoms with Crippen LogP contribution in [0, 0.1) is 0 Å². The molecule has 0 bridgehead atoms. The van der Waals surface area contributed by atoms with E-state index in [0.717, 1.165) is 44.5 Å². The Morgan fingerprint density at radius 1 is 0.307 bits per heavy atom. The lowest BCUT2D eigenvalue weighted by molar-refractivity contribution is 0.281. The smallest absolute Gasteiger partial charge is 0.128 e. The second kappa shape index (κ2) is 28.9. The predicted molar refractivity (Wildman–Crippen MR) is 352 cm³/mol. The van der Waals surface area contributed by atoms with E-state index >= 15 is 0 Å². The molecule has 0 saturated carbocycles. The summed E-state index contributed by atoms with van der Waals surface area (Å²) in [5.41, 5.74) is 9.06. The van der Waals surface area contributed by atoms with E-state index in [0.29, 0.717) is 83.2 Å². The molecular weight excluding hydrogens is 1090 g/mol. The van der Waals surface area contributed by atoms with Gasteiger partial charge >= 0.3 is 0 Å². The van der Waals surface area contributed by atoms with Crippen LogP contribution < -0.4 is 28.4 Å². The molecule has 2 atom stereocenters. The van der Waals surface area contributed by atoms with Gasteiger partial charge in [0.15, 0.2) is 0 Å². The van der Waals surface area contributed by atoms with Crippen molar-refractivity contribution >= 4 is 12.4 Å². The van der Waals surface area contributed by atoms with Crippen LogP contribution in [0.4, 0.5) is 0 Å². The van der Waals surface area contributed by atoms with Gasteiger partial charge in [-0.05, 0) is 104 Å². The number of aromatic hydroxyl groups is 2. The van der Waals surface area contributed by atoms with E-state index in [1.165, 1.54) is 0 Å². The van der Waals surface area contributed by atoms with Crippen molar-refractivity contribution in [1.29, 1.82) is 0 Å². The monoisotopic (exact) mass is 1170 g/mol. The summed E-state index contributed by atoms with van der Waals surface area (Å²) < 4.78 is 38.7. The average molecular weight is 1170 g/mol. The van der Waals surface area contributed by atoms with Crippen molar-refractivity contribution in [2.45, 2.75) is 104 Å². The number of hydrogen-bond donors (Lipinski definition) is 2. The maximum Gasteiger partial charge on any atom is 0.128 e. The summed E-state index contributed by atoms with van der Waals surface area (Å²) in [5.74, 6) is 3.90. The fourth-order valence-corrected chi connectivity index (χ4v) is 10.1. The SMILES string of the molecule is CC(C)(C)c1cc(OCc2cc(OCc3ccccc3)cc(OCc3ccccc3)c2)cc(C=N[C@H](c2ccccc2)[C@H](N=Cc2cc(OCc3cc(OCc4ccccc4)cc(OCc4ccccc4)c3)cc(C(C)(C)C)c2O)c2ccccc2)c1O. The number of phenols is 2. The average Bonchev–Trinajstić information content (AvgIpc) is 3.54. The molecule has 0 aliphatic carbocycles. The minimum absolute atomic E-state index is 0.0990.